The lowest BCUT2D eigenvalue weighted by molar-refractivity contribution is 0.00902. The predicted octanol–water partition coefficient (Wildman–Crippen LogP) is 1.30. The maximum atomic E-state index is 9.63. The lowest BCUT2D eigenvalue weighted by Gasteiger charge is -2.25. The molecule has 0 radical (unpaired) electrons. The van der Waals surface area contributed by atoms with E-state index in [0.29, 0.717) is 12.5 Å². The maximum Gasteiger partial charge on any atom is 0.676 e. The molecular formula is C9H20O4Si. The summed E-state index contributed by atoms with van der Waals surface area (Å²) in [4.78, 5) is 9.63. The average molecular weight is 220 g/mol. The molecule has 1 rings (SSSR count). The van der Waals surface area contributed by atoms with Crippen molar-refractivity contribution in [1.29, 1.82) is 0 Å². The van der Waals surface area contributed by atoms with Crippen molar-refractivity contribution in [3.8, 4) is 0 Å². The zero-order chi connectivity index (χ0) is 10.4. The second kappa shape index (κ2) is 5.82. The molecule has 0 aromatic carbocycles. The molecule has 0 aromatic heterocycles. The van der Waals surface area contributed by atoms with Gasteiger partial charge in [0.1, 0.15) is 0 Å². The first-order chi connectivity index (χ1) is 6.70. The molecule has 0 unspecified atom stereocenters. The van der Waals surface area contributed by atoms with Crippen LogP contribution in [0.15, 0.2) is 0 Å². The van der Waals surface area contributed by atoms with E-state index in [1.165, 1.54) is 46.3 Å². The number of hydrogen-bond donors (Lipinski definition) is 1. The molecule has 1 N–H and O–H groups in total. The third kappa shape index (κ3) is 3.66. The van der Waals surface area contributed by atoms with E-state index in [0.717, 1.165) is 0 Å². The van der Waals surface area contributed by atoms with E-state index in [1.54, 1.807) is 0 Å². The van der Waals surface area contributed by atoms with Gasteiger partial charge in [-0.15, -0.1) is 0 Å². The predicted molar refractivity (Wildman–Crippen MR) is 54.5 cm³/mol. The highest BCUT2D eigenvalue weighted by molar-refractivity contribution is 6.51. The summed E-state index contributed by atoms with van der Waals surface area (Å²) in [5.74, 6) is 0.563. The van der Waals surface area contributed by atoms with Gasteiger partial charge in [0.05, 0.1) is 0 Å². The molecule has 0 spiro atoms. The van der Waals surface area contributed by atoms with Crippen LogP contribution in [0.3, 0.4) is 0 Å². The molecule has 0 amide bonds. The van der Waals surface area contributed by atoms with Crippen LogP contribution in [0.4, 0.5) is 0 Å². The van der Waals surface area contributed by atoms with Crippen LogP contribution >= 0.6 is 0 Å². The fourth-order valence-electron chi connectivity index (χ4n) is 1.78. The van der Waals surface area contributed by atoms with E-state index in [4.69, 9.17) is 13.3 Å². The van der Waals surface area contributed by atoms with Crippen LogP contribution in [0.5, 0.6) is 0 Å². The highest BCUT2D eigenvalue weighted by Crippen LogP contribution is 2.24. The number of rotatable bonds is 5. The van der Waals surface area contributed by atoms with E-state index in [9.17, 15) is 4.80 Å². The monoisotopic (exact) mass is 220 g/mol. The standard InChI is InChI=1S/C9H20O4Si/c1-11-14(10,12-2)13-8-9-6-4-3-5-7-9/h9-10H,3-8H2,1-2H3. The molecule has 0 bridgehead atoms. The van der Waals surface area contributed by atoms with E-state index in [-0.39, 0.29) is 0 Å². The van der Waals surface area contributed by atoms with Crippen LogP contribution in [0.2, 0.25) is 0 Å². The summed E-state index contributed by atoms with van der Waals surface area (Å²) in [6.45, 7) is 0.560. The van der Waals surface area contributed by atoms with Crippen LogP contribution in [0.25, 0.3) is 0 Å². The smallest absolute Gasteiger partial charge is 0.367 e. The Bertz CT molecular complexity index is 155. The molecule has 1 saturated carbocycles. The topological polar surface area (TPSA) is 47.9 Å². The van der Waals surface area contributed by atoms with Crippen molar-refractivity contribution in [2.75, 3.05) is 20.8 Å². The summed E-state index contributed by atoms with van der Waals surface area (Å²) in [6.07, 6.45) is 6.25. The van der Waals surface area contributed by atoms with E-state index in [2.05, 4.69) is 0 Å². The highest BCUT2D eigenvalue weighted by atomic mass is 28.4. The fraction of sp³-hybridized carbons (Fsp3) is 1.00. The molecule has 1 aliphatic carbocycles. The van der Waals surface area contributed by atoms with Gasteiger partial charge in [-0.3, -0.25) is 0 Å². The quantitative estimate of drug-likeness (QED) is 0.710. The minimum Gasteiger partial charge on any atom is -0.367 e. The largest absolute Gasteiger partial charge is 0.676 e. The summed E-state index contributed by atoms with van der Waals surface area (Å²) in [6, 6.07) is 0. The van der Waals surface area contributed by atoms with Crippen molar-refractivity contribution in [2.45, 2.75) is 32.1 Å². The molecule has 1 fully saturated rings. The van der Waals surface area contributed by atoms with E-state index < -0.39 is 9.05 Å². The van der Waals surface area contributed by atoms with Gasteiger partial charge >= 0.3 is 9.05 Å². The van der Waals surface area contributed by atoms with Gasteiger partial charge in [0.25, 0.3) is 0 Å². The molecule has 0 atom stereocenters. The van der Waals surface area contributed by atoms with Crippen molar-refractivity contribution >= 4 is 9.05 Å². The van der Waals surface area contributed by atoms with Crippen LogP contribution in [-0.2, 0) is 13.3 Å². The Labute approximate surface area is 86.7 Å². The summed E-state index contributed by atoms with van der Waals surface area (Å²) in [5.41, 5.74) is 0. The van der Waals surface area contributed by atoms with Crippen molar-refractivity contribution in [1.82, 2.24) is 0 Å². The molecule has 84 valence electrons. The maximum absolute atomic E-state index is 9.63. The van der Waals surface area contributed by atoms with Gasteiger partial charge < -0.3 is 18.1 Å². The van der Waals surface area contributed by atoms with E-state index in [1.807, 2.05) is 0 Å². The lowest BCUT2D eigenvalue weighted by Crippen LogP contribution is -2.45. The fourth-order valence-corrected chi connectivity index (χ4v) is 2.63. The van der Waals surface area contributed by atoms with Crippen LogP contribution in [0.1, 0.15) is 32.1 Å². The Morgan fingerprint density at radius 3 is 2.21 bits per heavy atom. The van der Waals surface area contributed by atoms with Crippen molar-refractivity contribution in [3.05, 3.63) is 0 Å². The zero-order valence-electron chi connectivity index (χ0n) is 8.99. The third-order valence-electron chi connectivity index (χ3n) is 2.74. The first kappa shape index (κ1) is 12.1. The molecule has 1 aliphatic rings. The van der Waals surface area contributed by atoms with Gasteiger partial charge in [0, 0.05) is 20.8 Å². The molecule has 0 aliphatic heterocycles. The summed E-state index contributed by atoms with van der Waals surface area (Å²) in [7, 11) is -0.455. The molecule has 0 aromatic rings. The normalized spacial score (nSPS) is 19.9. The average Bonchev–Trinajstić information content (AvgIpc) is 2.27. The highest BCUT2D eigenvalue weighted by Gasteiger charge is 2.39. The van der Waals surface area contributed by atoms with Crippen LogP contribution in [-0.4, -0.2) is 34.7 Å². The summed E-state index contributed by atoms with van der Waals surface area (Å²) >= 11 is 0. The lowest BCUT2D eigenvalue weighted by atomic mass is 9.90. The first-order valence-electron chi connectivity index (χ1n) is 5.17. The molecule has 0 heterocycles. The van der Waals surface area contributed by atoms with Gasteiger partial charge in [-0.05, 0) is 18.8 Å². The minimum absolute atomic E-state index is 0.560. The van der Waals surface area contributed by atoms with Gasteiger partial charge in [-0.25, -0.2) is 0 Å². The Balaban J connectivity index is 2.23. The molecule has 5 heteroatoms. The van der Waals surface area contributed by atoms with Crippen molar-refractivity contribution in [2.24, 2.45) is 5.92 Å². The van der Waals surface area contributed by atoms with Gasteiger partial charge in [0.2, 0.25) is 0 Å². The van der Waals surface area contributed by atoms with Gasteiger partial charge in [0.15, 0.2) is 0 Å². The minimum atomic E-state index is -3.28. The van der Waals surface area contributed by atoms with Crippen LogP contribution in [0, 0.1) is 5.92 Å². The second-order valence-corrected chi connectivity index (χ2v) is 5.90. The first-order valence-corrected chi connectivity index (χ1v) is 6.84. The van der Waals surface area contributed by atoms with E-state index >= 15 is 0 Å². The zero-order valence-corrected chi connectivity index (χ0v) is 9.99. The summed E-state index contributed by atoms with van der Waals surface area (Å²) in [5, 5.41) is 0. The Morgan fingerprint density at radius 1 is 1.14 bits per heavy atom. The second-order valence-electron chi connectivity index (χ2n) is 3.75. The Hall–Kier alpha value is 0.0569. The molecule has 0 saturated heterocycles. The Morgan fingerprint density at radius 2 is 1.71 bits per heavy atom. The third-order valence-corrected chi connectivity index (χ3v) is 4.31. The van der Waals surface area contributed by atoms with Crippen molar-refractivity contribution < 1.29 is 18.1 Å². The SMILES string of the molecule is CO[Si](O)(OC)OCC1CCCCC1. The van der Waals surface area contributed by atoms with Gasteiger partial charge in [-0.1, -0.05) is 19.3 Å². The molecule has 14 heavy (non-hydrogen) atoms. The summed E-state index contributed by atoms with van der Waals surface area (Å²) < 4.78 is 15.0. The Kier molecular flexibility index (Phi) is 5.04. The molecule has 4 nitrogen and oxygen atoms in total. The van der Waals surface area contributed by atoms with Gasteiger partial charge in [-0.2, -0.15) is 0 Å². The van der Waals surface area contributed by atoms with Crippen LogP contribution < -0.4 is 0 Å². The van der Waals surface area contributed by atoms with Crippen molar-refractivity contribution in [3.63, 3.8) is 0 Å². The molecular weight excluding hydrogens is 200 g/mol. The number of hydrogen-bond acceptors (Lipinski definition) is 4.